The highest BCUT2D eigenvalue weighted by molar-refractivity contribution is 6.30. The number of Topliss-reactive ketones (excluding diaryl/α,β-unsaturated/α-hetero) is 1. The Morgan fingerprint density at radius 3 is 1.83 bits per heavy atom. The third kappa shape index (κ3) is 4.25. The molecule has 2 atom stereocenters. The van der Waals surface area contributed by atoms with Crippen LogP contribution in [-0.2, 0) is 4.79 Å². The third-order valence-corrected chi connectivity index (χ3v) is 6.50. The summed E-state index contributed by atoms with van der Waals surface area (Å²) in [5.74, 6) is -2.21. The molecule has 1 unspecified atom stereocenters. The maximum atomic E-state index is 14.1. The molecule has 0 saturated heterocycles. The molecule has 5 rings (SSSR count). The van der Waals surface area contributed by atoms with Gasteiger partial charge in [-0.2, -0.15) is 0 Å². The van der Waals surface area contributed by atoms with Gasteiger partial charge in [0, 0.05) is 21.8 Å². The first-order valence-electron chi connectivity index (χ1n) is 11.3. The molecule has 5 heteroatoms. The summed E-state index contributed by atoms with van der Waals surface area (Å²) >= 11 is 6.16. The fraction of sp³-hybridized carbons (Fsp3) is 0.0667. The molecule has 1 aliphatic rings. The van der Waals surface area contributed by atoms with Gasteiger partial charge in [-0.15, -0.1) is 0 Å². The van der Waals surface area contributed by atoms with Crippen molar-refractivity contribution in [2.75, 3.05) is 4.90 Å². The van der Waals surface area contributed by atoms with Crippen molar-refractivity contribution in [3.63, 3.8) is 0 Å². The number of carboxylic acid groups (broad SMARTS) is 1. The molecule has 4 nitrogen and oxygen atoms in total. The Morgan fingerprint density at radius 2 is 1.26 bits per heavy atom. The number of carboxylic acids is 1. The van der Waals surface area contributed by atoms with Crippen molar-refractivity contribution in [3.8, 4) is 0 Å². The molecule has 0 saturated carbocycles. The average Bonchev–Trinajstić information content (AvgIpc) is 3.27. The molecule has 1 heterocycles. The fourth-order valence-corrected chi connectivity index (χ4v) is 4.88. The topological polar surface area (TPSA) is 57.6 Å². The van der Waals surface area contributed by atoms with Crippen LogP contribution in [0.4, 0.5) is 5.69 Å². The van der Waals surface area contributed by atoms with E-state index in [2.05, 4.69) is 0 Å². The maximum absolute atomic E-state index is 14.1. The summed E-state index contributed by atoms with van der Waals surface area (Å²) < 4.78 is 0. The SMILES string of the molecule is O=C(C1=C(c2ccccc2)[C@H](C(=O)O)C(c2ccc(Cl)cc2)N1c1ccccc1)c1ccccc1. The minimum Gasteiger partial charge on any atom is -0.481 e. The number of allylic oxidation sites excluding steroid dienone is 1. The zero-order chi connectivity index (χ0) is 24.4. The van der Waals surface area contributed by atoms with Crippen molar-refractivity contribution in [2.24, 2.45) is 5.92 Å². The van der Waals surface area contributed by atoms with Crippen molar-refractivity contribution in [3.05, 3.63) is 143 Å². The van der Waals surface area contributed by atoms with Gasteiger partial charge in [0.1, 0.15) is 5.92 Å². The molecule has 4 aromatic rings. The maximum Gasteiger partial charge on any atom is 0.313 e. The van der Waals surface area contributed by atoms with Gasteiger partial charge in [0.25, 0.3) is 0 Å². The van der Waals surface area contributed by atoms with Gasteiger partial charge in [-0.25, -0.2) is 0 Å². The number of carbonyl (C=O) groups is 2. The Labute approximate surface area is 208 Å². The van der Waals surface area contributed by atoms with Gasteiger partial charge < -0.3 is 10.0 Å². The molecule has 1 aliphatic heterocycles. The van der Waals surface area contributed by atoms with E-state index < -0.39 is 17.9 Å². The van der Waals surface area contributed by atoms with Gasteiger partial charge in [-0.05, 0) is 35.4 Å². The van der Waals surface area contributed by atoms with Crippen LogP contribution in [0.3, 0.4) is 0 Å². The van der Waals surface area contributed by atoms with Gasteiger partial charge >= 0.3 is 5.97 Å². The molecule has 35 heavy (non-hydrogen) atoms. The molecule has 172 valence electrons. The first-order chi connectivity index (χ1) is 17.1. The molecule has 0 spiro atoms. The van der Waals surface area contributed by atoms with Crippen LogP contribution in [0.25, 0.3) is 5.57 Å². The molecule has 0 bridgehead atoms. The second-order valence-corrected chi connectivity index (χ2v) is 8.78. The van der Waals surface area contributed by atoms with Crippen LogP contribution >= 0.6 is 11.6 Å². The van der Waals surface area contributed by atoms with Gasteiger partial charge in [0.2, 0.25) is 5.78 Å². The lowest BCUT2D eigenvalue weighted by Crippen LogP contribution is -2.32. The van der Waals surface area contributed by atoms with Crippen LogP contribution < -0.4 is 4.90 Å². The number of carbonyl (C=O) groups excluding carboxylic acids is 1. The number of hydrogen-bond acceptors (Lipinski definition) is 3. The Balaban J connectivity index is 1.83. The van der Waals surface area contributed by atoms with E-state index in [1.165, 1.54) is 0 Å². The minimum atomic E-state index is -0.999. The Morgan fingerprint density at radius 1 is 0.714 bits per heavy atom. The summed E-state index contributed by atoms with van der Waals surface area (Å²) in [6, 6.07) is 34.2. The van der Waals surface area contributed by atoms with Crippen molar-refractivity contribution < 1.29 is 14.7 Å². The van der Waals surface area contributed by atoms with E-state index in [1.54, 1.807) is 24.3 Å². The van der Waals surface area contributed by atoms with Crippen LogP contribution in [0.5, 0.6) is 0 Å². The number of anilines is 1. The van der Waals surface area contributed by atoms with Crippen LogP contribution in [0.1, 0.15) is 27.5 Å². The predicted octanol–water partition coefficient (Wildman–Crippen LogP) is 6.90. The Kier molecular flexibility index (Phi) is 6.21. The number of halogens is 1. The molecule has 0 aromatic heterocycles. The van der Waals surface area contributed by atoms with Crippen molar-refractivity contribution in [1.29, 1.82) is 0 Å². The zero-order valence-corrected chi connectivity index (χ0v) is 19.5. The largest absolute Gasteiger partial charge is 0.481 e. The number of nitrogens with zero attached hydrogens (tertiary/aromatic N) is 1. The van der Waals surface area contributed by atoms with E-state index in [1.807, 2.05) is 95.9 Å². The zero-order valence-electron chi connectivity index (χ0n) is 18.7. The highest BCUT2D eigenvalue weighted by Gasteiger charge is 2.48. The normalized spacial score (nSPS) is 17.5. The smallest absolute Gasteiger partial charge is 0.313 e. The molecule has 0 aliphatic carbocycles. The van der Waals surface area contributed by atoms with Gasteiger partial charge in [0.15, 0.2) is 0 Å². The van der Waals surface area contributed by atoms with Gasteiger partial charge in [-0.3, -0.25) is 9.59 Å². The standard InChI is InChI=1S/C30H22ClNO3/c31-23-18-16-21(17-19-23)27-26(30(34)35)25(20-10-4-1-5-11-20)28(29(33)22-12-6-2-7-13-22)32(27)24-14-8-3-9-15-24/h1-19,26-27H,(H,34,35)/t26-,27?/m0/s1. The van der Waals surface area contributed by atoms with E-state index in [9.17, 15) is 14.7 Å². The van der Waals surface area contributed by atoms with Crippen LogP contribution in [0, 0.1) is 5.92 Å². The lowest BCUT2D eigenvalue weighted by atomic mass is 9.85. The summed E-state index contributed by atoms with van der Waals surface area (Å²) in [5, 5.41) is 11.1. The summed E-state index contributed by atoms with van der Waals surface area (Å²) in [4.78, 5) is 28.9. The lowest BCUT2D eigenvalue weighted by Gasteiger charge is -2.31. The second-order valence-electron chi connectivity index (χ2n) is 8.34. The lowest BCUT2D eigenvalue weighted by molar-refractivity contribution is -0.140. The van der Waals surface area contributed by atoms with Crippen LogP contribution in [0.2, 0.25) is 5.02 Å². The van der Waals surface area contributed by atoms with Crippen LogP contribution in [0.15, 0.2) is 121 Å². The Hall–Kier alpha value is -4.15. The van der Waals surface area contributed by atoms with Crippen molar-refractivity contribution in [2.45, 2.75) is 6.04 Å². The highest BCUT2D eigenvalue weighted by Crippen LogP contribution is 2.51. The summed E-state index contributed by atoms with van der Waals surface area (Å²) in [5.41, 5.74) is 3.56. The van der Waals surface area contributed by atoms with E-state index in [0.717, 1.165) is 11.3 Å². The molecule has 0 amide bonds. The highest BCUT2D eigenvalue weighted by atomic mass is 35.5. The van der Waals surface area contributed by atoms with Crippen LogP contribution in [-0.4, -0.2) is 16.9 Å². The summed E-state index contributed by atoms with van der Waals surface area (Å²) in [7, 11) is 0. The molecular formula is C30H22ClNO3. The predicted molar refractivity (Wildman–Crippen MR) is 138 cm³/mol. The fourth-order valence-electron chi connectivity index (χ4n) is 4.75. The second kappa shape index (κ2) is 9.61. The molecule has 0 radical (unpaired) electrons. The number of benzene rings is 4. The first kappa shape index (κ1) is 22.6. The first-order valence-corrected chi connectivity index (χ1v) is 11.7. The number of rotatable bonds is 6. The number of para-hydroxylation sites is 1. The summed E-state index contributed by atoms with van der Waals surface area (Å²) in [6.07, 6.45) is 0. The van der Waals surface area contributed by atoms with E-state index in [-0.39, 0.29) is 5.78 Å². The van der Waals surface area contributed by atoms with E-state index in [0.29, 0.717) is 27.4 Å². The molecule has 0 fully saturated rings. The molecule has 4 aromatic carbocycles. The summed E-state index contributed by atoms with van der Waals surface area (Å²) in [6.45, 7) is 0. The molecule has 1 N–H and O–H groups in total. The Bertz CT molecular complexity index is 1380. The van der Waals surface area contributed by atoms with Crippen molar-refractivity contribution >= 4 is 34.6 Å². The molecular weight excluding hydrogens is 458 g/mol. The van der Waals surface area contributed by atoms with E-state index in [4.69, 9.17) is 11.6 Å². The quantitative estimate of drug-likeness (QED) is 0.306. The average molecular weight is 480 g/mol. The number of hydrogen-bond donors (Lipinski definition) is 1. The monoisotopic (exact) mass is 479 g/mol. The minimum absolute atomic E-state index is 0.226. The van der Waals surface area contributed by atoms with Gasteiger partial charge in [-0.1, -0.05) is 103 Å². The van der Waals surface area contributed by atoms with E-state index >= 15 is 0 Å². The number of ketones is 1. The third-order valence-electron chi connectivity index (χ3n) is 6.25. The van der Waals surface area contributed by atoms with Crippen molar-refractivity contribution in [1.82, 2.24) is 0 Å². The van der Waals surface area contributed by atoms with Gasteiger partial charge in [0.05, 0.1) is 11.7 Å². The number of aliphatic carboxylic acids is 1.